The van der Waals surface area contributed by atoms with E-state index >= 15 is 0 Å². The lowest BCUT2D eigenvalue weighted by molar-refractivity contribution is 0.646. The summed E-state index contributed by atoms with van der Waals surface area (Å²) in [6.45, 7) is 4.40. The Bertz CT molecular complexity index is 350. The van der Waals surface area contributed by atoms with Crippen molar-refractivity contribution in [2.45, 2.75) is 45.2 Å². The van der Waals surface area contributed by atoms with Gasteiger partial charge in [-0.05, 0) is 43.2 Å². The predicted octanol–water partition coefficient (Wildman–Crippen LogP) is 3.54. The van der Waals surface area contributed by atoms with Gasteiger partial charge < -0.3 is 10.6 Å². The van der Waals surface area contributed by atoms with E-state index in [4.69, 9.17) is 5.73 Å². The number of thioether (sulfide) groups is 1. The van der Waals surface area contributed by atoms with Crippen molar-refractivity contribution < 1.29 is 0 Å². The number of nitrogens with zero attached hydrogens (tertiary/aromatic N) is 1. The molecule has 2 unspecified atom stereocenters. The summed E-state index contributed by atoms with van der Waals surface area (Å²) in [5, 5.41) is 0. The second kappa shape index (κ2) is 8.49. The first-order valence-electron chi connectivity index (χ1n) is 7.18. The first-order chi connectivity index (χ1) is 9.12. The maximum absolute atomic E-state index is 6.00. The topological polar surface area (TPSA) is 29.3 Å². The Labute approximate surface area is 122 Å². The number of hydrogen-bond donors (Lipinski definition) is 1. The van der Waals surface area contributed by atoms with Gasteiger partial charge in [0.2, 0.25) is 0 Å². The molecule has 0 heterocycles. The van der Waals surface area contributed by atoms with Crippen LogP contribution >= 0.6 is 11.8 Å². The van der Waals surface area contributed by atoms with Crippen molar-refractivity contribution in [3.8, 4) is 0 Å². The second-order valence-corrected chi connectivity index (χ2v) is 6.08. The van der Waals surface area contributed by atoms with Crippen LogP contribution in [-0.2, 0) is 6.42 Å². The molecule has 0 aliphatic carbocycles. The largest absolute Gasteiger partial charge is 0.371 e. The third-order valence-corrected chi connectivity index (χ3v) is 4.46. The van der Waals surface area contributed by atoms with Crippen molar-refractivity contribution >= 4 is 17.4 Å². The molecule has 1 aromatic rings. The van der Waals surface area contributed by atoms with E-state index in [0.29, 0.717) is 6.04 Å². The normalized spacial score (nSPS) is 14.2. The molecular weight excluding hydrogens is 252 g/mol. The van der Waals surface area contributed by atoms with E-state index in [1.54, 1.807) is 0 Å². The highest BCUT2D eigenvalue weighted by molar-refractivity contribution is 7.98. The molecule has 2 N–H and O–H groups in total. The van der Waals surface area contributed by atoms with Crippen LogP contribution in [0, 0.1) is 0 Å². The van der Waals surface area contributed by atoms with E-state index in [0.717, 1.165) is 12.8 Å². The SMILES string of the molecule is CCC(N)Cc1ccc(N(C)C(CC)CSC)cc1. The zero-order valence-corrected chi connectivity index (χ0v) is 13.5. The Morgan fingerprint density at radius 2 is 1.79 bits per heavy atom. The highest BCUT2D eigenvalue weighted by Gasteiger charge is 2.12. The van der Waals surface area contributed by atoms with E-state index in [1.807, 2.05) is 11.8 Å². The van der Waals surface area contributed by atoms with E-state index < -0.39 is 0 Å². The lowest BCUT2D eigenvalue weighted by Gasteiger charge is -2.29. The van der Waals surface area contributed by atoms with Crippen LogP contribution in [0.15, 0.2) is 24.3 Å². The molecule has 0 radical (unpaired) electrons. The van der Waals surface area contributed by atoms with Crippen LogP contribution in [0.5, 0.6) is 0 Å². The van der Waals surface area contributed by atoms with Crippen LogP contribution in [0.2, 0.25) is 0 Å². The zero-order valence-electron chi connectivity index (χ0n) is 12.7. The summed E-state index contributed by atoms with van der Waals surface area (Å²) in [6.07, 6.45) is 5.36. The maximum Gasteiger partial charge on any atom is 0.0374 e. The molecule has 3 heteroatoms. The molecule has 2 atom stereocenters. The van der Waals surface area contributed by atoms with Crippen molar-refractivity contribution in [1.29, 1.82) is 0 Å². The van der Waals surface area contributed by atoms with Crippen LogP contribution in [0.1, 0.15) is 32.3 Å². The summed E-state index contributed by atoms with van der Waals surface area (Å²) in [5.74, 6) is 1.18. The average molecular weight is 280 g/mol. The van der Waals surface area contributed by atoms with Gasteiger partial charge in [-0.25, -0.2) is 0 Å². The molecule has 0 aromatic heterocycles. The number of benzene rings is 1. The van der Waals surface area contributed by atoms with Crippen molar-refractivity contribution in [1.82, 2.24) is 0 Å². The zero-order chi connectivity index (χ0) is 14.3. The van der Waals surface area contributed by atoms with Gasteiger partial charge in [0, 0.05) is 30.6 Å². The Kier molecular flexibility index (Phi) is 7.32. The molecular formula is C16H28N2S. The van der Waals surface area contributed by atoms with Crippen molar-refractivity contribution in [3.05, 3.63) is 29.8 Å². The molecule has 0 fully saturated rings. The summed E-state index contributed by atoms with van der Waals surface area (Å²) < 4.78 is 0. The molecule has 0 aliphatic heterocycles. The molecule has 0 amide bonds. The first kappa shape index (κ1) is 16.4. The van der Waals surface area contributed by atoms with Gasteiger partial charge in [0.15, 0.2) is 0 Å². The van der Waals surface area contributed by atoms with Gasteiger partial charge in [0.25, 0.3) is 0 Å². The maximum atomic E-state index is 6.00. The van der Waals surface area contributed by atoms with E-state index in [2.05, 4.69) is 56.3 Å². The molecule has 0 spiro atoms. The van der Waals surface area contributed by atoms with Crippen LogP contribution in [0.4, 0.5) is 5.69 Å². The van der Waals surface area contributed by atoms with Gasteiger partial charge in [-0.1, -0.05) is 26.0 Å². The van der Waals surface area contributed by atoms with Gasteiger partial charge in [-0.15, -0.1) is 0 Å². The Balaban J connectivity index is 2.69. The van der Waals surface area contributed by atoms with Crippen LogP contribution in [0.3, 0.4) is 0 Å². The minimum absolute atomic E-state index is 0.281. The van der Waals surface area contributed by atoms with Gasteiger partial charge in [-0.2, -0.15) is 11.8 Å². The number of nitrogens with two attached hydrogens (primary N) is 1. The summed E-state index contributed by atoms with van der Waals surface area (Å²) >= 11 is 1.91. The lowest BCUT2D eigenvalue weighted by Crippen LogP contribution is -2.33. The summed E-state index contributed by atoms with van der Waals surface area (Å²) in [7, 11) is 2.19. The molecule has 0 bridgehead atoms. The number of rotatable bonds is 8. The second-order valence-electron chi connectivity index (χ2n) is 5.17. The van der Waals surface area contributed by atoms with Gasteiger partial charge in [-0.3, -0.25) is 0 Å². The minimum Gasteiger partial charge on any atom is -0.371 e. The molecule has 2 nitrogen and oxygen atoms in total. The number of hydrogen-bond acceptors (Lipinski definition) is 3. The lowest BCUT2D eigenvalue weighted by atomic mass is 10.0. The first-order valence-corrected chi connectivity index (χ1v) is 8.58. The van der Waals surface area contributed by atoms with Gasteiger partial charge >= 0.3 is 0 Å². The van der Waals surface area contributed by atoms with Gasteiger partial charge in [0.05, 0.1) is 0 Å². The quantitative estimate of drug-likeness (QED) is 0.789. The minimum atomic E-state index is 0.281. The molecule has 0 saturated heterocycles. The predicted molar refractivity (Wildman–Crippen MR) is 89.3 cm³/mol. The van der Waals surface area contributed by atoms with E-state index in [-0.39, 0.29) is 6.04 Å². The fourth-order valence-electron chi connectivity index (χ4n) is 2.22. The standard InChI is InChI=1S/C16H28N2S/c1-5-14(17)11-13-7-9-16(10-8-13)18(3)15(6-2)12-19-4/h7-10,14-15H,5-6,11-12,17H2,1-4H3. The third-order valence-electron chi connectivity index (χ3n) is 3.74. The monoisotopic (exact) mass is 280 g/mol. The molecule has 19 heavy (non-hydrogen) atoms. The van der Waals surface area contributed by atoms with Gasteiger partial charge in [0.1, 0.15) is 0 Å². The smallest absolute Gasteiger partial charge is 0.0374 e. The highest BCUT2D eigenvalue weighted by Crippen LogP contribution is 2.20. The Hall–Kier alpha value is -0.670. The summed E-state index contributed by atoms with van der Waals surface area (Å²) in [4.78, 5) is 2.39. The van der Waals surface area contributed by atoms with Crippen molar-refractivity contribution in [3.63, 3.8) is 0 Å². The van der Waals surface area contributed by atoms with Crippen molar-refractivity contribution in [2.75, 3.05) is 24.0 Å². The fraction of sp³-hybridized carbons (Fsp3) is 0.625. The van der Waals surface area contributed by atoms with E-state index in [9.17, 15) is 0 Å². The summed E-state index contributed by atoms with van der Waals surface area (Å²) in [6, 6.07) is 9.77. The molecule has 0 aliphatic rings. The average Bonchev–Trinajstić information content (AvgIpc) is 2.44. The molecule has 0 saturated carbocycles. The van der Waals surface area contributed by atoms with E-state index in [1.165, 1.54) is 23.4 Å². The summed E-state index contributed by atoms with van der Waals surface area (Å²) in [5.41, 5.74) is 8.64. The molecule has 108 valence electrons. The Morgan fingerprint density at radius 1 is 1.16 bits per heavy atom. The Morgan fingerprint density at radius 3 is 2.26 bits per heavy atom. The van der Waals surface area contributed by atoms with Crippen LogP contribution in [-0.4, -0.2) is 31.1 Å². The molecule has 1 aromatic carbocycles. The number of anilines is 1. The highest BCUT2D eigenvalue weighted by atomic mass is 32.2. The third kappa shape index (κ3) is 5.07. The van der Waals surface area contributed by atoms with Crippen LogP contribution < -0.4 is 10.6 Å². The molecule has 1 rings (SSSR count). The fourth-order valence-corrected chi connectivity index (χ4v) is 3.07. The van der Waals surface area contributed by atoms with Crippen LogP contribution in [0.25, 0.3) is 0 Å². The van der Waals surface area contributed by atoms with Crippen molar-refractivity contribution in [2.24, 2.45) is 5.73 Å².